The van der Waals surface area contributed by atoms with Crippen LogP contribution < -0.4 is 5.32 Å². The molecule has 2 aliphatic heterocycles. The molecule has 2 atom stereocenters. The summed E-state index contributed by atoms with van der Waals surface area (Å²) in [7, 11) is -2.88. The number of thiocarbonyl (C=S) groups is 1. The van der Waals surface area contributed by atoms with Gasteiger partial charge in [0.25, 0.3) is 0 Å². The van der Waals surface area contributed by atoms with Crippen LogP contribution in [-0.4, -0.2) is 48.6 Å². The largest absolute Gasteiger partial charge is 0.357 e. The van der Waals surface area contributed by atoms with E-state index in [0.29, 0.717) is 0 Å². The average Bonchev–Trinajstić information content (AvgIpc) is 2.92. The van der Waals surface area contributed by atoms with Gasteiger partial charge in [-0.3, -0.25) is 0 Å². The van der Waals surface area contributed by atoms with Gasteiger partial charge in [-0.25, -0.2) is 8.42 Å². The standard InChI is InChI=1S/C17H32N2O2S2/c1-2-3-4-5-6-7-8-9-10-11-12-19-16-14-23(20,21)13-15(16)18-17(19)22/h15-16H,2-14H2,1H3,(H,18,22)/t15-,16-/m1/s1. The van der Waals surface area contributed by atoms with Crippen LogP contribution in [0.25, 0.3) is 0 Å². The van der Waals surface area contributed by atoms with Crippen molar-refractivity contribution in [3.05, 3.63) is 0 Å². The summed E-state index contributed by atoms with van der Waals surface area (Å²) in [5, 5.41) is 3.94. The highest BCUT2D eigenvalue weighted by molar-refractivity contribution is 7.91. The van der Waals surface area contributed by atoms with Crippen molar-refractivity contribution >= 4 is 27.2 Å². The van der Waals surface area contributed by atoms with Gasteiger partial charge in [0, 0.05) is 6.54 Å². The van der Waals surface area contributed by atoms with E-state index in [9.17, 15) is 8.42 Å². The van der Waals surface area contributed by atoms with Gasteiger partial charge in [-0.05, 0) is 18.6 Å². The normalized spacial score (nSPS) is 25.6. The molecule has 0 amide bonds. The minimum Gasteiger partial charge on any atom is -0.357 e. The highest BCUT2D eigenvalue weighted by atomic mass is 32.2. The van der Waals surface area contributed by atoms with Crippen LogP contribution in [0.2, 0.25) is 0 Å². The van der Waals surface area contributed by atoms with E-state index >= 15 is 0 Å². The minimum atomic E-state index is -2.88. The van der Waals surface area contributed by atoms with Gasteiger partial charge in [-0.15, -0.1) is 0 Å². The van der Waals surface area contributed by atoms with E-state index < -0.39 is 9.84 Å². The van der Waals surface area contributed by atoms with Crippen LogP contribution in [0.3, 0.4) is 0 Å². The molecule has 23 heavy (non-hydrogen) atoms. The molecule has 2 fully saturated rings. The van der Waals surface area contributed by atoms with E-state index in [-0.39, 0.29) is 23.6 Å². The molecular weight excluding hydrogens is 328 g/mol. The second kappa shape index (κ2) is 9.21. The zero-order valence-electron chi connectivity index (χ0n) is 14.4. The van der Waals surface area contributed by atoms with Crippen LogP contribution in [0, 0.1) is 0 Å². The Kier molecular flexibility index (Phi) is 7.60. The summed E-state index contributed by atoms with van der Waals surface area (Å²) in [6, 6.07) is 0.0988. The number of sulfone groups is 1. The lowest BCUT2D eigenvalue weighted by atomic mass is 10.1. The molecule has 0 spiro atoms. The summed E-state index contributed by atoms with van der Waals surface area (Å²) in [5.74, 6) is 0.509. The first kappa shape index (κ1) is 19.0. The second-order valence-corrected chi connectivity index (χ2v) is 9.62. The highest BCUT2D eigenvalue weighted by Gasteiger charge is 2.46. The van der Waals surface area contributed by atoms with E-state index in [2.05, 4.69) is 17.1 Å². The van der Waals surface area contributed by atoms with Crippen LogP contribution >= 0.6 is 12.2 Å². The zero-order valence-corrected chi connectivity index (χ0v) is 16.1. The number of hydrogen-bond acceptors (Lipinski definition) is 3. The summed E-state index contributed by atoms with van der Waals surface area (Å²) in [5.41, 5.74) is 0. The van der Waals surface area contributed by atoms with Crippen molar-refractivity contribution in [2.24, 2.45) is 0 Å². The third-order valence-corrected chi connectivity index (χ3v) is 7.11. The van der Waals surface area contributed by atoms with Crippen molar-refractivity contribution in [3.8, 4) is 0 Å². The highest BCUT2D eigenvalue weighted by Crippen LogP contribution is 2.24. The van der Waals surface area contributed by atoms with Crippen molar-refractivity contribution < 1.29 is 8.42 Å². The van der Waals surface area contributed by atoms with E-state index in [1.165, 1.54) is 57.8 Å². The third kappa shape index (κ3) is 5.89. The summed E-state index contributed by atoms with van der Waals surface area (Å²) in [6.07, 6.45) is 13.2. The van der Waals surface area contributed by atoms with Gasteiger partial charge in [0.15, 0.2) is 14.9 Å². The van der Waals surface area contributed by atoms with Crippen molar-refractivity contribution in [1.82, 2.24) is 10.2 Å². The molecule has 134 valence electrons. The van der Waals surface area contributed by atoms with Crippen LogP contribution in [-0.2, 0) is 9.84 Å². The summed E-state index contributed by atoms with van der Waals surface area (Å²) in [6.45, 7) is 3.16. The van der Waals surface area contributed by atoms with Crippen molar-refractivity contribution in [2.75, 3.05) is 18.1 Å². The first-order valence-electron chi connectivity index (χ1n) is 9.31. The third-order valence-electron chi connectivity index (χ3n) is 5.05. The number of rotatable bonds is 11. The molecule has 0 radical (unpaired) electrons. The van der Waals surface area contributed by atoms with Gasteiger partial charge in [0.1, 0.15) is 0 Å². The Bertz CT molecular complexity index is 479. The number of fused-ring (bicyclic) bond motifs is 1. The lowest BCUT2D eigenvalue weighted by molar-refractivity contribution is 0.344. The molecule has 4 nitrogen and oxygen atoms in total. The Hall–Kier alpha value is -0.360. The van der Waals surface area contributed by atoms with Crippen molar-refractivity contribution in [2.45, 2.75) is 83.2 Å². The summed E-state index contributed by atoms with van der Waals surface area (Å²) in [4.78, 5) is 2.12. The maximum Gasteiger partial charge on any atom is 0.169 e. The Morgan fingerprint density at radius 2 is 1.57 bits per heavy atom. The Morgan fingerprint density at radius 1 is 1.00 bits per heavy atom. The molecular formula is C17H32N2O2S2. The number of hydrogen-bond donors (Lipinski definition) is 1. The number of unbranched alkanes of at least 4 members (excludes halogenated alkanes) is 9. The lowest BCUT2D eigenvalue weighted by Gasteiger charge is -2.23. The molecule has 2 aliphatic rings. The molecule has 2 heterocycles. The minimum absolute atomic E-state index is 0.0237. The molecule has 0 bridgehead atoms. The van der Waals surface area contributed by atoms with Crippen molar-refractivity contribution in [1.29, 1.82) is 0 Å². The molecule has 6 heteroatoms. The zero-order chi connectivity index (χ0) is 16.7. The predicted octanol–water partition coefficient (Wildman–Crippen LogP) is 3.26. The van der Waals surface area contributed by atoms with E-state index in [1.54, 1.807) is 0 Å². The fourth-order valence-corrected chi connectivity index (χ4v) is 6.00. The fourth-order valence-electron chi connectivity index (χ4n) is 3.70. The van der Waals surface area contributed by atoms with Gasteiger partial charge in [0.05, 0.1) is 23.6 Å². The monoisotopic (exact) mass is 360 g/mol. The molecule has 0 aliphatic carbocycles. The maximum absolute atomic E-state index is 11.7. The van der Waals surface area contributed by atoms with Crippen LogP contribution in [0.4, 0.5) is 0 Å². The average molecular weight is 361 g/mol. The Balaban J connectivity index is 1.53. The maximum atomic E-state index is 11.7. The molecule has 0 saturated carbocycles. The second-order valence-electron chi connectivity index (χ2n) is 7.08. The van der Waals surface area contributed by atoms with Gasteiger partial charge in [-0.1, -0.05) is 64.7 Å². The smallest absolute Gasteiger partial charge is 0.169 e. The van der Waals surface area contributed by atoms with Crippen LogP contribution in [0.1, 0.15) is 71.1 Å². The molecule has 1 N–H and O–H groups in total. The first-order valence-corrected chi connectivity index (χ1v) is 11.5. The van der Waals surface area contributed by atoms with Gasteiger partial charge < -0.3 is 10.2 Å². The van der Waals surface area contributed by atoms with Gasteiger partial charge in [-0.2, -0.15) is 0 Å². The molecule has 0 aromatic carbocycles. The lowest BCUT2D eigenvalue weighted by Crippen LogP contribution is -2.37. The number of nitrogens with one attached hydrogen (secondary N) is 1. The van der Waals surface area contributed by atoms with Gasteiger partial charge in [0.2, 0.25) is 0 Å². The van der Waals surface area contributed by atoms with Gasteiger partial charge >= 0.3 is 0 Å². The van der Waals surface area contributed by atoms with Crippen molar-refractivity contribution in [3.63, 3.8) is 0 Å². The molecule has 2 rings (SSSR count). The molecule has 0 aromatic heterocycles. The van der Waals surface area contributed by atoms with E-state index in [1.807, 2.05) is 0 Å². The first-order chi connectivity index (χ1) is 11.0. The summed E-state index contributed by atoms with van der Waals surface area (Å²) >= 11 is 5.36. The van der Waals surface area contributed by atoms with E-state index in [0.717, 1.165) is 18.1 Å². The molecule has 0 unspecified atom stereocenters. The van der Waals surface area contributed by atoms with Crippen LogP contribution in [0.15, 0.2) is 0 Å². The van der Waals surface area contributed by atoms with E-state index in [4.69, 9.17) is 12.2 Å². The molecule has 0 aromatic rings. The molecule has 2 saturated heterocycles. The Labute approximate surface area is 147 Å². The number of nitrogens with zero attached hydrogens (tertiary/aromatic N) is 1. The SMILES string of the molecule is CCCCCCCCCCCCN1C(=S)N[C@@H]2CS(=O)(=O)C[C@H]21. The topological polar surface area (TPSA) is 49.4 Å². The quantitative estimate of drug-likeness (QED) is 0.453. The fraction of sp³-hybridized carbons (Fsp3) is 0.941. The Morgan fingerprint density at radius 3 is 2.17 bits per heavy atom. The predicted molar refractivity (Wildman–Crippen MR) is 101 cm³/mol. The van der Waals surface area contributed by atoms with Crippen LogP contribution in [0.5, 0.6) is 0 Å². The summed E-state index contributed by atoms with van der Waals surface area (Å²) < 4.78 is 23.5.